The quantitative estimate of drug-likeness (QED) is 0.603. The van der Waals surface area contributed by atoms with Crippen molar-refractivity contribution in [2.75, 3.05) is 32.9 Å². The molecular formula is C12H20N4OS. The van der Waals surface area contributed by atoms with E-state index in [1.165, 1.54) is 18.2 Å². The van der Waals surface area contributed by atoms with Gasteiger partial charge in [-0.25, -0.2) is 4.98 Å². The Morgan fingerprint density at radius 2 is 2.44 bits per heavy atom. The van der Waals surface area contributed by atoms with Crippen molar-refractivity contribution in [1.82, 2.24) is 20.2 Å². The lowest BCUT2D eigenvalue weighted by Crippen LogP contribution is -2.27. The molecule has 1 fully saturated rings. The van der Waals surface area contributed by atoms with Crippen LogP contribution in [0, 0.1) is 5.92 Å². The predicted octanol–water partition coefficient (Wildman–Crippen LogP) is 0.533. The highest BCUT2D eigenvalue weighted by Gasteiger charge is 2.16. The highest BCUT2D eigenvalue weighted by molar-refractivity contribution is 7.98. The third kappa shape index (κ3) is 3.83. The van der Waals surface area contributed by atoms with Gasteiger partial charge >= 0.3 is 0 Å². The van der Waals surface area contributed by atoms with Gasteiger partial charge in [0.25, 0.3) is 5.56 Å². The van der Waals surface area contributed by atoms with Crippen LogP contribution in [0.3, 0.4) is 0 Å². The number of rotatable bonds is 5. The fourth-order valence-corrected chi connectivity index (χ4v) is 2.72. The van der Waals surface area contributed by atoms with Gasteiger partial charge in [0.1, 0.15) is 0 Å². The molecule has 2 rings (SSSR count). The van der Waals surface area contributed by atoms with Crippen LogP contribution >= 0.6 is 11.8 Å². The van der Waals surface area contributed by atoms with Gasteiger partial charge in [0.15, 0.2) is 5.16 Å². The second-order valence-electron chi connectivity index (χ2n) is 4.80. The molecule has 100 valence electrons. The highest BCUT2D eigenvalue weighted by Crippen LogP contribution is 2.11. The van der Waals surface area contributed by atoms with Crippen LogP contribution in [-0.2, 0) is 6.54 Å². The summed E-state index contributed by atoms with van der Waals surface area (Å²) >= 11 is 1.46. The Bertz CT molecular complexity index is 442. The molecule has 1 aliphatic heterocycles. The van der Waals surface area contributed by atoms with Crippen molar-refractivity contribution in [3.8, 4) is 0 Å². The number of H-pyrrole nitrogens is 1. The van der Waals surface area contributed by atoms with Crippen LogP contribution in [0.2, 0.25) is 0 Å². The fourth-order valence-electron chi connectivity index (χ4n) is 2.31. The number of hydrogen-bond donors (Lipinski definition) is 2. The third-order valence-corrected chi connectivity index (χ3v) is 3.71. The molecule has 0 aromatic carbocycles. The summed E-state index contributed by atoms with van der Waals surface area (Å²) in [4.78, 5) is 20.8. The minimum Gasteiger partial charge on any atom is -0.316 e. The first-order valence-electron chi connectivity index (χ1n) is 6.21. The summed E-state index contributed by atoms with van der Waals surface area (Å²) in [5.74, 6) is 0.719. The van der Waals surface area contributed by atoms with E-state index in [-0.39, 0.29) is 5.56 Å². The van der Waals surface area contributed by atoms with E-state index in [9.17, 15) is 4.79 Å². The van der Waals surface area contributed by atoms with Crippen molar-refractivity contribution in [2.24, 2.45) is 5.92 Å². The Kier molecular flexibility index (Phi) is 4.79. The van der Waals surface area contributed by atoms with E-state index < -0.39 is 0 Å². The van der Waals surface area contributed by atoms with Gasteiger partial charge in [-0.3, -0.25) is 4.79 Å². The van der Waals surface area contributed by atoms with Crippen LogP contribution < -0.4 is 10.9 Å². The second-order valence-corrected chi connectivity index (χ2v) is 5.60. The maximum absolute atomic E-state index is 11.5. The van der Waals surface area contributed by atoms with Crippen LogP contribution in [0.5, 0.6) is 0 Å². The van der Waals surface area contributed by atoms with Crippen LogP contribution in [0.15, 0.2) is 16.0 Å². The van der Waals surface area contributed by atoms with E-state index in [0.717, 1.165) is 37.8 Å². The van der Waals surface area contributed by atoms with E-state index in [1.807, 2.05) is 6.26 Å². The molecule has 2 heterocycles. The number of aromatic amines is 1. The number of hydrogen-bond acceptors (Lipinski definition) is 5. The average Bonchev–Trinajstić information content (AvgIpc) is 2.80. The topological polar surface area (TPSA) is 61.0 Å². The summed E-state index contributed by atoms with van der Waals surface area (Å²) in [5, 5.41) is 4.06. The lowest BCUT2D eigenvalue weighted by Gasteiger charge is -2.19. The van der Waals surface area contributed by atoms with Gasteiger partial charge in [-0.05, 0) is 38.7 Å². The third-order valence-electron chi connectivity index (χ3n) is 3.13. The SMILES string of the molecule is CSc1nc(CN(C)CC2CCNC2)cc(=O)[nH]1. The minimum atomic E-state index is -0.0692. The number of nitrogens with zero attached hydrogens (tertiary/aromatic N) is 2. The normalized spacial score (nSPS) is 19.6. The van der Waals surface area contributed by atoms with Gasteiger partial charge in [-0.15, -0.1) is 0 Å². The molecule has 0 bridgehead atoms. The van der Waals surface area contributed by atoms with Crippen molar-refractivity contribution in [1.29, 1.82) is 0 Å². The van der Waals surface area contributed by atoms with Crippen molar-refractivity contribution in [3.05, 3.63) is 22.1 Å². The first-order valence-corrected chi connectivity index (χ1v) is 7.43. The molecule has 1 aliphatic rings. The van der Waals surface area contributed by atoms with Crippen molar-refractivity contribution < 1.29 is 0 Å². The van der Waals surface area contributed by atoms with E-state index in [1.54, 1.807) is 6.07 Å². The minimum absolute atomic E-state index is 0.0692. The van der Waals surface area contributed by atoms with Gasteiger partial charge in [-0.2, -0.15) is 0 Å². The zero-order chi connectivity index (χ0) is 13.0. The van der Waals surface area contributed by atoms with Crippen LogP contribution in [-0.4, -0.2) is 47.8 Å². The molecule has 0 radical (unpaired) electrons. The van der Waals surface area contributed by atoms with E-state index in [4.69, 9.17) is 0 Å². The molecular weight excluding hydrogens is 248 g/mol. The lowest BCUT2D eigenvalue weighted by molar-refractivity contribution is 0.274. The van der Waals surface area contributed by atoms with Crippen molar-refractivity contribution >= 4 is 11.8 Å². The molecule has 0 saturated carbocycles. The largest absolute Gasteiger partial charge is 0.316 e. The number of thioether (sulfide) groups is 1. The summed E-state index contributed by atoms with van der Waals surface area (Å²) in [6, 6.07) is 1.59. The number of nitrogens with one attached hydrogen (secondary N) is 2. The van der Waals surface area contributed by atoms with Gasteiger partial charge < -0.3 is 15.2 Å². The van der Waals surface area contributed by atoms with E-state index in [2.05, 4.69) is 27.2 Å². The first-order chi connectivity index (χ1) is 8.67. The molecule has 1 aromatic rings. The van der Waals surface area contributed by atoms with Gasteiger partial charge in [0.2, 0.25) is 0 Å². The van der Waals surface area contributed by atoms with Crippen molar-refractivity contribution in [3.63, 3.8) is 0 Å². The molecule has 2 N–H and O–H groups in total. The van der Waals surface area contributed by atoms with E-state index in [0.29, 0.717) is 5.16 Å². The van der Waals surface area contributed by atoms with Crippen molar-refractivity contribution in [2.45, 2.75) is 18.1 Å². The molecule has 5 nitrogen and oxygen atoms in total. The monoisotopic (exact) mass is 268 g/mol. The van der Waals surface area contributed by atoms with Gasteiger partial charge in [0.05, 0.1) is 5.69 Å². The van der Waals surface area contributed by atoms with E-state index >= 15 is 0 Å². The molecule has 18 heavy (non-hydrogen) atoms. The Balaban J connectivity index is 1.95. The summed E-state index contributed by atoms with van der Waals surface area (Å²) in [5.41, 5.74) is 0.775. The molecule has 0 spiro atoms. The Morgan fingerprint density at radius 1 is 1.61 bits per heavy atom. The Hall–Kier alpha value is -0.850. The average molecular weight is 268 g/mol. The van der Waals surface area contributed by atoms with Crippen LogP contribution in [0.25, 0.3) is 0 Å². The molecule has 1 unspecified atom stereocenters. The van der Waals surface area contributed by atoms with Crippen LogP contribution in [0.1, 0.15) is 12.1 Å². The summed E-state index contributed by atoms with van der Waals surface area (Å²) in [6.07, 6.45) is 3.15. The maximum Gasteiger partial charge on any atom is 0.251 e. The lowest BCUT2D eigenvalue weighted by atomic mass is 10.1. The highest BCUT2D eigenvalue weighted by atomic mass is 32.2. The summed E-state index contributed by atoms with van der Waals surface area (Å²) in [7, 11) is 2.08. The molecule has 1 atom stereocenters. The zero-order valence-corrected chi connectivity index (χ0v) is 11.7. The predicted molar refractivity (Wildman–Crippen MR) is 73.9 cm³/mol. The fraction of sp³-hybridized carbons (Fsp3) is 0.667. The molecule has 0 amide bonds. The molecule has 0 aliphatic carbocycles. The first kappa shape index (κ1) is 13.6. The molecule has 6 heteroatoms. The second kappa shape index (κ2) is 6.36. The molecule has 1 saturated heterocycles. The smallest absolute Gasteiger partial charge is 0.251 e. The van der Waals surface area contributed by atoms with Gasteiger partial charge in [-0.1, -0.05) is 11.8 Å². The van der Waals surface area contributed by atoms with Crippen LogP contribution in [0.4, 0.5) is 0 Å². The molecule has 1 aromatic heterocycles. The Labute approximate surface area is 111 Å². The number of aromatic nitrogens is 2. The maximum atomic E-state index is 11.5. The summed E-state index contributed by atoms with van der Waals surface area (Å²) in [6.45, 7) is 4.01. The standard InChI is InChI=1S/C12H20N4OS/c1-16(7-9-3-4-13-6-9)8-10-5-11(17)15-12(14-10)18-2/h5,9,13H,3-4,6-8H2,1-2H3,(H,14,15,17). The Morgan fingerprint density at radius 3 is 3.11 bits per heavy atom. The van der Waals surface area contributed by atoms with Gasteiger partial charge in [0, 0.05) is 19.2 Å². The zero-order valence-electron chi connectivity index (χ0n) is 10.9. The summed E-state index contributed by atoms with van der Waals surface area (Å²) < 4.78 is 0.